The third-order valence-corrected chi connectivity index (χ3v) is 3.14. The third-order valence-electron chi connectivity index (χ3n) is 3.14. The summed E-state index contributed by atoms with van der Waals surface area (Å²) in [5.41, 5.74) is -3.03. The predicted octanol–water partition coefficient (Wildman–Crippen LogP) is 2.67. The van der Waals surface area contributed by atoms with Gasteiger partial charge in [0, 0.05) is 12.5 Å². The van der Waals surface area contributed by atoms with Gasteiger partial charge in [-0.2, -0.15) is 0 Å². The Morgan fingerprint density at radius 2 is 1.39 bits per heavy atom. The van der Waals surface area contributed by atoms with Crippen LogP contribution in [0.15, 0.2) is 0 Å². The molecule has 0 heterocycles. The van der Waals surface area contributed by atoms with E-state index in [0.29, 0.717) is 0 Å². The van der Waals surface area contributed by atoms with Gasteiger partial charge in [0.15, 0.2) is 23.3 Å². The van der Waals surface area contributed by atoms with Crippen LogP contribution in [0.1, 0.15) is 19.4 Å². The number of ether oxygens (including phenoxy) is 2. The van der Waals surface area contributed by atoms with Gasteiger partial charge in [-0.25, -0.2) is 22.0 Å². The zero-order valence-corrected chi connectivity index (χ0v) is 12.4. The molecule has 0 radical (unpaired) electrons. The van der Waals surface area contributed by atoms with Crippen molar-refractivity contribution in [2.24, 2.45) is 5.41 Å². The molecule has 0 aromatic heterocycles. The van der Waals surface area contributed by atoms with Gasteiger partial charge in [-0.05, 0) is 13.3 Å². The number of methoxy groups -OCH3 is 1. The molecule has 0 saturated heterocycles. The van der Waals surface area contributed by atoms with Crippen LogP contribution in [0.2, 0.25) is 0 Å². The Labute approximate surface area is 128 Å². The third kappa shape index (κ3) is 3.77. The average Bonchev–Trinajstić information content (AvgIpc) is 2.52. The summed E-state index contributed by atoms with van der Waals surface area (Å²) >= 11 is 0. The minimum absolute atomic E-state index is 0.658. The number of esters is 2. The highest BCUT2D eigenvalue weighted by Gasteiger charge is 2.39. The maximum Gasteiger partial charge on any atom is 0.315 e. The first-order valence-corrected chi connectivity index (χ1v) is 6.27. The van der Waals surface area contributed by atoms with Gasteiger partial charge >= 0.3 is 11.9 Å². The van der Waals surface area contributed by atoms with Crippen LogP contribution >= 0.6 is 0 Å². The minimum Gasteiger partial charge on any atom is -0.468 e. The highest BCUT2D eigenvalue weighted by atomic mass is 19.2. The topological polar surface area (TPSA) is 52.6 Å². The molecule has 0 aliphatic rings. The maximum absolute atomic E-state index is 13.7. The molecule has 128 valence electrons. The van der Waals surface area contributed by atoms with E-state index in [9.17, 15) is 31.5 Å². The molecule has 0 fully saturated rings. The molecule has 0 aliphatic heterocycles. The van der Waals surface area contributed by atoms with Gasteiger partial charge in [-0.3, -0.25) is 9.59 Å². The fourth-order valence-corrected chi connectivity index (χ4v) is 1.89. The molecule has 0 saturated carbocycles. The molecule has 0 amide bonds. The van der Waals surface area contributed by atoms with E-state index in [1.807, 2.05) is 0 Å². The summed E-state index contributed by atoms with van der Waals surface area (Å²) in [4.78, 5) is 22.6. The number of halogens is 5. The molecule has 0 bridgehead atoms. The molecule has 9 heteroatoms. The van der Waals surface area contributed by atoms with Gasteiger partial charge in [-0.15, -0.1) is 0 Å². The van der Waals surface area contributed by atoms with Crippen molar-refractivity contribution >= 4 is 11.9 Å². The van der Waals surface area contributed by atoms with E-state index in [1.54, 1.807) is 0 Å². The molecule has 1 aromatic rings. The van der Waals surface area contributed by atoms with Crippen molar-refractivity contribution in [2.75, 3.05) is 13.7 Å². The summed E-state index contributed by atoms with van der Waals surface area (Å²) in [6, 6.07) is 0. The average molecular weight is 340 g/mol. The Morgan fingerprint density at radius 1 is 0.957 bits per heavy atom. The van der Waals surface area contributed by atoms with Crippen LogP contribution in [-0.2, 0) is 25.5 Å². The number of carbonyl (C=O) groups excluding carboxylic acids is 2. The van der Waals surface area contributed by atoms with E-state index < -0.39 is 65.0 Å². The molecular weight excluding hydrogens is 327 g/mol. The molecule has 0 aliphatic carbocycles. The standard InChI is InChI=1S/C14H13F5O4/c1-6(20)23-5-14(2,13(21)22-3)4-7-8(15)10(17)12(19)11(18)9(7)16/h4-5H2,1-3H3. The zero-order chi connectivity index (χ0) is 17.9. The Morgan fingerprint density at radius 3 is 1.78 bits per heavy atom. The summed E-state index contributed by atoms with van der Waals surface area (Å²) < 4.78 is 75.9. The Hall–Kier alpha value is -2.19. The summed E-state index contributed by atoms with van der Waals surface area (Å²) in [5, 5.41) is 0. The summed E-state index contributed by atoms with van der Waals surface area (Å²) in [6.45, 7) is 1.48. The van der Waals surface area contributed by atoms with Crippen LogP contribution in [0.25, 0.3) is 0 Å². The molecular formula is C14H13F5O4. The first-order valence-electron chi connectivity index (χ1n) is 6.27. The van der Waals surface area contributed by atoms with E-state index >= 15 is 0 Å². The van der Waals surface area contributed by atoms with Crippen LogP contribution in [0, 0.1) is 34.5 Å². The van der Waals surface area contributed by atoms with Crippen molar-refractivity contribution in [3.05, 3.63) is 34.6 Å². The Balaban J connectivity index is 3.34. The lowest BCUT2D eigenvalue weighted by Crippen LogP contribution is -2.37. The first-order chi connectivity index (χ1) is 10.5. The highest BCUT2D eigenvalue weighted by molar-refractivity contribution is 5.77. The lowest BCUT2D eigenvalue weighted by atomic mass is 9.83. The zero-order valence-electron chi connectivity index (χ0n) is 12.4. The molecule has 1 atom stereocenters. The first kappa shape index (κ1) is 18.9. The molecule has 1 rings (SSSR count). The highest BCUT2D eigenvalue weighted by Crippen LogP contribution is 2.31. The number of rotatable bonds is 5. The Kier molecular flexibility index (Phi) is 5.68. The number of hydrogen-bond donors (Lipinski definition) is 0. The van der Waals surface area contributed by atoms with Crippen molar-refractivity contribution in [3.8, 4) is 0 Å². The number of benzene rings is 1. The van der Waals surface area contributed by atoms with Crippen molar-refractivity contribution in [3.63, 3.8) is 0 Å². The second-order valence-electron chi connectivity index (χ2n) is 5.06. The molecule has 4 nitrogen and oxygen atoms in total. The molecule has 1 unspecified atom stereocenters. The van der Waals surface area contributed by atoms with Crippen molar-refractivity contribution in [2.45, 2.75) is 20.3 Å². The largest absolute Gasteiger partial charge is 0.468 e. The summed E-state index contributed by atoms with van der Waals surface area (Å²) in [5.74, 6) is -12.5. The van der Waals surface area contributed by atoms with E-state index in [4.69, 9.17) is 0 Å². The quantitative estimate of drug-likeness (QED) is 0.358. The summed E-state index contributed by atoms with van der Waals surface area (Å²) in [7, 11) is 0.965. The Bertz CT molecular complexity index is 618. The molecule has 1 aromatic carbocycles. The monoisotopic (exact) mass is 340 g/mol. The minimum atomic E-state index is -2.30. The SMILES string of the molecule is COC(=O)C(C)(COC(C)=O)Cc1c(F)c(F)c(F)c(F)c1F. The van der Waals surface area contributed by atoms with Crippen LogP contribution in [0.4, 0.5) is 22.0 Å². The van der Waals surface area contributed by atoms with E-state index in [1.165, 1.54) is 0 Å². The van der Waals surface area contributed by atoms with E-state index in [0.717, 1.165) is 21.0 Å². The predicted molar refractivity (Wildman–Crippen MR) is 66.7 cm³/mol. The van der Waals surface area contributed by atoms with Crippen LogP contribution < -0.4 is 0 Å². The van der Waals surface area contributed by atoms with Gasteiger partial charge < -0.3 is 9.47 Å². The second-order valence-corrected chi connectivity index (χ2v) is 5.06. The normalized spacial score (nSPS) is 13.4. The maximum atomic E-state index is 13.7. The lowest BCUT2D eigenvalue weighted by molar-refractivity contribution is -0.159. The second kappa shape index (κ2) is 6.93. The van der Waals surface area contributed by atoms with Gasteiger partial charge in [0.2, 0.25) is 5.82 Å². The summed E-state index contributed by atoms with van der Waals surface area (Å²) in [6.07, 6.45) is -0.918. The van der Waals surface area contributed by atoms with Gasteiger partial charge in [-0.1, -0.05) is 0 Å². The van der Waals surface area contributed by atoms with Crippen LogP contribution in [0.5, 0.6) is 0 Å². The molecule has 0 spiro atoms. The lowest BCUT2D eigenvalue weighted by Gasteiger charge is -2.26. The number of hydrogen-bond acceptors (Lipinski definition) is 4. The number of carbonyl (C=O) groups is 2. The van der Waals surface area contributed by atoms with E-state index in [-0.39, 0.29) is 0 Å². The van der Waals surface area contributed by atoms with Gasteiger partial charge in [0.25, 0.3) is 0 Å². The smallest absolute Gasteiger partial charge is 0.315 e. The van der Waals surface area contributed by atoms with Crippen molar-refractivity contribution in [1.29, 1.82) is 0 Å². The van der Waals surface area contributed by atoms with Crippen LogP contribution in [0.3, 0.4) is 0 Å². The fraction of sp³-hybridized carbons (Fsp3) is 0.429. The molecule has 23 heavy (non-hydrogen) atoms. The van der Waals surface area contributed by atoms with Gasteiger partial charge in [0.1, 0.15) is 12.0 Å². The van der Waals surface area contributed by atoms with Crippen LogP contribution in [-0.4, -0.2) is 25.7 Å². The van der Waals surface area contributed by atoms with Crippen molar-refractivity contribution in [1.82, 2.24) is 0 Å². The van der Waals surface area contributed by atoms with Gasteiger partial charge in [0.05, 0.1) is 7.11 Å². The molecule has 0 N–H and O–H groups in total. The van der Waals surface area contributed by atoms with E-state index in [2.05, 4.69) is 9.47 Å². The fourth-order valence-electron chi connectivity index (χ4n) is 1.89. The van der Waals surface area contributed by atoms with Crippen molar-refractivity contribution < 1.29 is 41.0 Å².